The fourth-order valence-electron chi connectivity index (χ4n) is 2.58. The molecule has 0 aliphatic carbocycles. The third-order valence-corrected chi connectivity index (χ3v) is 4.00. The molecule has 5 rings (SSSR count). The second-order valence-corrected chi connectivity index (χ2v) is 6.00. The number of nitrogens with one attached hydrogen (secondary N) is 1. The fourth-order valence-corrected chi connectivity index (χ4v) is 2.58. The number of hydrogen-bond donors (Lipinski definition) is 1. The number of nitrogens with zero attached hydrogens (tertiary/aromatic N) is 8. The number of aromatic nitrogens is 8. The summed E-state index contributed by atoms with van der Waals surface area (Å²) in [4.78, 5) is 8.32. The summed E-state index contributed by atoms with van der Waals surface area (Å²) < 4.78 is 1.63. The molecule has 0 aliphatic rings. The predicted molar refractivity (Wildman–Crippen MR) is 109 cm³/mol. The normalized spacial score (nSPS) is 9.97. The molecule has 5 aromatic rings. The minimum atomic E-state index is 0.590. The van der Waals surface area contributed by atoms with Crippen LogP contribution in [-0.4, -0.2) is 40.4 Å². The van der Waals surface area contributed by atoms with E-state index in [1.54, 1.807) is 41.6 Å². The summed E-state index contributed by atoms with van der Waals surface area (Å²) in [5, 5.41) is 27.1. The van der Waals surface area contributed by atoms with Crippen molar-refractivity contribution in [3.8, 4) is 34.5 Å². The molecular weight excluding hydrogens is 378 g/mol. The molecule has 9 heteroatoms. The van der Waals surface area contributed by atoms with Crippen molar-refractivity contribution in [2.45, 2.75) is 0 Å². The average molecular weight is 393 g/mol. The lowest BCUT2D eigenvalue weighted by Gasteiger charge is -1.99. The Kier molecular flexibility index (Phi) is 5.58. The van der Waals surface area contributed by atoms with Crippen molar-refractivity contribution >= 4 is 0 Å². The lowest BCUT2D eigenvalue weighted by Crippen LogP contribution is -1.94. The number of rotatable bonds is 3. The number of benzene rings is 1. The molecule has 0 aliphatic heterocycles. The quantitative estimate of drug-likeness (QED) is 0.500. The first-order chi connectivity index (χ1) is 14.8. The van der Waals surface area contributed by atoms with Crippen LogP contribution in [0, 0.1) is 11.3 Å². The van der Waals surface area contributed by atoms with Gasteiger partial charge in [-0.3, -0.25) is 9.97 Å². The number of nitriles is 1. The van der Waals surface area contributed by atoms with Crippen LogP contribution in [0.3, 0.4) is 0 Å². The first kappa shape index (κ1) is 18.6. The SMILES string of the molecule is N#Cc1cccc(-n2cc(-c3ccccn3)nn2)c1.c1ccc(-c2cn[nH]n2)nc1. The van der Waals surface area contributed by atoms with Crippen LogP contribution in [-0.2, 0) is 0 Å². The second kappa shape index (κ2) is 8.99. The van der Waals surface area contributed by atoms with Crippen LogP contribution in [0.25, 0.3) is 28.5 Å². The Hall–Kier alpha value is -4.71. The standard InChI is InChI=1S/C14H9N5.C7H6N4/c15-9-11-4-3-5-12(8-11)19-10-14(17-18-19)13-6-1-2-7-16-13;1-2-4-8-6(3-1)7-5-9-11-10-7/h1-8,10H;1-5H,(H,9,10,11). The van der Waals surface area contributed by atoms with Crippen molar-refractivity contribution in [1.29, 1.82) is 5.26 Å². The van der Waals surface area contributed by atoms with E-state index < -0.39 is 0 Å². The van der Waals surface area contributed by atoms with Gasteiger partial charge < -0.3 is 0 Å². The van der Waals surface area contributed by atoms with Crippen LogP contribution in [0.15, 0.2) is 85.5 Å². The van der Waals surface area contributed by atoms with E-state index in [9.17, 15) is 0 Å². The van der Waals surface area contributed by atoms with Gasteiger partial charge in [-0.15, -0.1) is 5.10 Å². The van der Waals surface area contributed by atoms with Crippen molar-refractivity contribution < 1.29 is 0 Å². The van der Waals surface area contributed by atoms with Gasteiger partial charge in [-0.2, -0.15) is 20.7 Å². The van der Waals surface area contributed by atoms with Gasteiger partial charge in [0.1, 0.15) is 11.4 Å². The second-order valence-electron chi connectivity index (χ2n) is 6.00. The van der Waals surface area contributed by atoms with Crippen LogP contribution in [0.1, 0.15) is 5.56 Å². The molecule has 0 saturated heterocycles. The number of pyridine rings is 2. The maximum atomic E-state index is 8.89. The summed E-state index contributed by atoms with van der Waals surface area (Å²) in [6.45, 7) is 0. The molecule has 0 amide bonds. The van der Waals surface area contributed by atoms with E-state index in [0.717, 1.165) is 22.8 Å². The Morgan fingerprint density at radius 3 is 2.23 bits per heavy atom. The maximum Gasteiger partial charge on any atom is 0.131 e. The van der Waals surface area contributed by atoms with Crippen LogP contribution < -0.4 is 0 Å². The predicted octanol–water partition coefficient (Wildman–Crippen LogP) is 3.07. The van der Waals surface area contributed by atoms with Crippen LogP contribution >= 0.6 is 0 Å². The summed E-state index contributed by atoms with van der Waals surface area (Å²) in [5.41, 5.74) is 4.46. The molecule has 0 saturated carbocycles. The summed E-state index contributed by atoms with van der Waals surface area (Å²) in [6, 6.07) is 20.6. The minimum absolute atomic E-state index is 0.590. The Morgan fingerprint density at radius 1 is 0.833 bits per heavy atom. The molecule has 1 N–H and O–H groups in total. The first-order valence-electron chi connectivity index (χ1n) is 8.95. The molecule has 1 aromatic carbocycles. The largest absolute Gasteiger partial charge is 0.254 e. The van der Waals surface area contributed by atoms with Gasteiger partial charge in [-0.25, -0.2) is 4.68 Å². The lowest BCUT2D eigenvalue weighted by atomic mass is 10.2. The Bertz CT molecular complexity index is 1240. The zero-order chi connectivity index (χ0) is 20.6. The van der Waals surface area contributed by atoms with Crippen molar-refractivity contribution in [3.05, 3.63) is 91.0 Å². The van der Waals surface area contributed by atoms with E-state index in [2.05, 4.69) is 41.8 Å². The van der Waals surface area contributed by atoms with Gasteiger partial charge in [0.05, 0.1) is 41.1 Å². The van der Waals surface area contributed by atoms with Gasteiger partial charge in [0.2, 0.25) is 0 Å². The van der Waals surface area contributed by atoms with Crippen LogP contribution in [0.5, 0.6) is 0 Å². The summed E-state index contributed by atoms with van der Waals surface area (Å²) in [5.74, 6) is 0. The van der Waals surface area contributed by atoms with Gasteiger partial charge in [0.25, 0.3) is 0 Å². The van der Waals surface area contributed by atoms with Crippen LogP contribution in [0.2, 0.25) is 0 Å². The summed E-state index contributed by atoms with van der Waals surface area (Å²) >= 11 is 0. The topological polar surface area (TPSA) is 122 Å². The van der Waals surface area contributed by atoms with E-state index in [1.807, 2.05) is 48.5 Å². The van der Waals surface area contributed by atoms with Crippen LogP contribution in [0.4, 0.5) is 0 Å². The molecular formula is C21H15N9. The molecule has 4 aromatic heterocycles. The third kappa shape index (κ3) is 4.40. The van der Waals surface area contributed by atoms with Gasteiger partial charge in [-0.1, -0.05) is 23.4 Å². The first-order valence-corrected chi connectivity index (χ1v) is 8.95. The van der Waals surface area contributed by atoms with E-state index in [4.69, 9.17) is 5.26 Å². The molecule has 0 unspecified atom stereocenters. The Labute approximate surface area is 171 Å². The highest BCUT2D eigenvalue weighted by Gasteiger charge is 2.06. The molecule has 0 radical (unpaired) electrons. The smallest absolute Gasteiger partial charge is 0.131 e. The lowest BCUT2D eigenvalue weighted by molar-refractivity contribution is 0.803. The highest BCUT2D eigenvalue weighted by Crippen LogP contribution is 2.15. The fraction of sp³-hybridized carbons (Fsp3) is 0. The Morgan fingerprint density at radius 2 is 1.60 bits per heavy atom. The minimum Gasteiger partial charge on any atom is -0.254 e. The molecule has 144 valence electrons. The molecule has 0 spiro atoms. The molecule has 9 nitrogen and oxygen atoms in total. The third-order valence-electron chi connectivity index (χ3n) is 4.00. The summed E-state index contributed by atoms with van der Waals surface area (Å²) in [6.07, 6.45) is 6.87. The van der Waals surface area contributed by atoms with Crippen molar-refractivity contribution in [2.75, 3.05) is 0 Å². The number of aromatic amines is 1. The molecule has 0 fully saturated rings. The van der Waals surface area contributed by atoms with Crippen molar-refractivity contribution in [2.24, 2.45) is 0 Å². The van der Waals surface area contributed by atoms with Gasteiger partial charge >= 0.3 is 0 Å². The molecule has 0 atom stereocenters. The van der Waals surface area contributed by atoms with Gasteiger partial charge in [0, 0.05) is 12.4 Å². The number of H-pyrrole nitrogens is 1. The van der Waals surface area contributed by atoms with Crippen molar-refractivity contribution in [3.63, 3.8) is 0 Å². The van der Waals surface area contributed by atoms with E-state index >= 15 is 0 Å². The average Bonchev–Trinajstić information content (AvgIpc) is 3.54. The van der Waals surface area contributed by atoms with Gasteiger partial charge in [-0.05, 0) is 42.5 Å². The monoisotopic (exact) mass is 393 g/mol. The van der Waals surface area contributed by atoms with Crippen molar-refractivity contribution in [1.82, 2.24) is 40.4 Å². The zero-order valence-corrected chi connectivity index (χ0v) is 15.7. The maximum absolute atomic E-state index is 8.89. The molecule has 30 heavy (non-hydrogen) atoms. The van der Waals surface area contributed by atoms with E-state index in [0.29, 0.717) is 11.3 Å². The van der Waals surface area contributed by atoms with Gasteiger partial charge in [0.15, 0.2) is 0 Å². The highest BCUT2D eigenvalue weighted by molar-refractivity contribution is 5.53. The summed E-state index contributed by atoms with van der Waals surface area (Å²) in [7, 11) is 0. The highest BCUT2D eigenvalue weighted by atomic mass is 15.4. The van der Waals surface area contributed by atoms with E-state index in [1.165, 1.54) is 0 Å². The van der Waals surface area contributed by atoms with E-state index in [-0.39, 0.29) is 0 Å². The number of hydrogen-bond acceptors (Lipinski definition) is 7. The molecule has 0 bridgehead atoms. The Balaban J connectivity index is 0.000000168. The zero-order valence-electron chi connectivity index (χ0n) is 15.7. The molecule has 4 heterocycles.